The molecular formula is C16H24N2O6. The van der Waals surface area contributed by atoms with Crippen LogP contribution in [0.25, 0.3) is 0 Å². The average molecular weight is 340 g/mol. The summed E-state index contributed by atoms with van der Waals surface area (Å²) in [5, 5.41) is 0. The number of ether oxygens (including phenoxy) is 4. The van der Waals surface area contributed by atoms with Crippen molar-refractivity contribution in [2.45, 2.75) is 34.6 Å². The van der Waals surface area contributed by atoms with Gasteiger partial charge in [0.25, 0.3) is 5.88 Å². The van der Waals surface area contributed by atoms with Gasteiger partial charge in [0, 0.05) is 19.3 Å². The van der Waals surface area contributed by atoms with Gasteiger partial charge in [-0.25, -0.2) is 14.6 Å². The van der Waals surface area contributed by atoms with Crippen LogP contribution < -0.4 is 14.4 Å². The van der Waals surface area contributed by atoms with Crippen molar-refractivity contribution >= 4 is 18.0 Å². The van der Waals surface area contributed by atoms with E-state index in [1.165, 1.54) is 0 Å². The number of aryl methyl sites for hydroxylation is 1. The highest BCUT2D eigenvalue weighted by molar-refractivity contribution is 5.75. The highest BCUT2D eigenvalue weighted by Crippen LogP contribution is 2.39. The standard InChI is InChI=1S/C16H24N2O6/c1-6-18(7-2)12-11(5)10-17-14(24-16(20)22-9-4)13(12)23-15(19)21-8-3/h10H,6-9H2,1-5H3. The van der Waals surface area contributed by atoms with Gasteiger partial charge in [-0.2, -0.15) is 0 Å². The second-order valence-corrected chi connectivity index (χ2v) is 4.67. The second kappa shape index (κ2) is 9.59. The van der Waals surface area contributed by atoms with E-state index in [-0.39, 0.29) is 24.8 Å². The van der Waals surface area contributed by atoms with Crippen molar-refractivity contribution in [1.29, 1.82) is 0 Å². The van der Waals surface area contributed by atoms with Crippen LogP contribution in [0.5, 0.6) is 11.6 Å². The number of anilines is 1. The Hall–Kier alpha value is -2.51. The van der Waals surface area contributed by atoms with Crippen LogP contribution >= 0.6 is 0 Å². The SMILES string of the molecule is CCOC(=O)Oc1ncc(C)c(N(CC)CC)c1OC(=O)OCC. The van der Waals surface area contributed by atoms with Crippen LogP contribution in [-0.2, 0) is 9.47 Å². The summed E-state index contributed by atoms with van der Waals surface area (Å²) < 4.78 is 19.9. The molecule has 0 bridgehead atoms. The molecule has 0 N–H and O–H groups in total. The van der Waals surface area contributed by atoms with Gasteiger partial charge in [-0.05, 0) is 40.2 Å². The molecule has 0 aliphatic heterocycles. The van der Waals surface area contributed by atoms with E-state index in [0.29, 0.717) is 18.8 Å². The van der Waals surface area contributed by atoms with E-state index in [1.807, 2.05) is 25.7 Å². The van der Waals surface area contributed by atoms with Gasteiger partial charge in [-0.3, -0.25) is 0 Å². The predicted molar refractivity (Wildman–Crippen MR) is 87.8 cm³/mol. The lowest BCUT2D eigenvalue weighted by Crippen LogP contribution is -2.25. The summed E-state index contributed by atoms with van der Waals surface area (Å²) in [6, 6.07) is 0. The number of carbonyl (C=O) groups is 2. The van der Waals surface area contributed by atoms with E-state index in [4.69, 9.17) is 18.9 Å². The van der Waals surface area contributed by atoms with Crippen molar-refractivity contribution < 1.29 is 28.5 Å². The minimum atomic E-state index is -0.923. The maximum absolute atomic E-state index is 11.8. The lowest BCUT2D eigenvalue weighted by atomic mass is 10.2. The van der Waals surface area contributed by atoms with Gasteiger partial charge in [-0.1, -0.05) is 0 Å². The van der Waals surface area contributed by atoms with Crippen LogP contribution in [-0.4, -0.2) is 43.6 Å². The molecule has 1 rings (SSSR count). The average Bonchev–Trinajstić information content (AvgIpc) is 2.54. The lowest BCUT2D eigenvalue weighted by Gasteiger charge is -2.25. The number of nitrogens with zero attached hydrogens (tertiary/aromatic N) is 2. The van der Waals surface area contributed by atoms with Crippen molar-refractivity contribution in [3.63, 3.8) is 0 Å². The van der Waals surface area contributed by atoms with Gasteiger partial charge in [0.05, 0.1) is 18.9 Å². The van der Waals surface area contributed by atoms with Gasteiger partial charge in [0.15, 0.2) is 0 Å². The van der Waals surface area contributed by atoms with Gasteiger partial charge in [0.1, 0.15) is 0 Å². The number of pyridine rings is 1. The fourth-order valence-corrected chi connectivity index (χ4v) is 2.11. The van der Waals surface area contributed by atoms with Crippen LogP contribution in [0.2, 0.25) is 0 Å². The van der Waals surface area contributed by atoms with Crippen molar-refractivity contribution in [2.75, 3.05) is 31.2 Å². The molecule has 0 saturated carbocycles. The Bertz CT molecular complexity index is 572. The number of hydrogen-bond acceptors (Lipinski definition) is 8. The zero-order valence-electron chi connectivity index (χ0n) is 14.7. The van der Waals surface area contributed by atoms with Crippen molar-refractivity contribution in [1.82, 2.24) is 4.98 Å². The molecule has 134 valence electrons. The number of rotatable bonds is 7. The largest absolute Gasteiger partial charge is 0.515 e. The first-order chi connectivity index (χ1) is 11.5. The molecule has 0 aliphatic carbocycles. The number of carbonyl (C=O) groups excluding carboxylic acids is 2. The van der Waals surface area contributed by atoms with Gasteiger partial charge in [0.2, 0.25) is 5.75 Å². The summed E-state index contributed by atoms with van der Waals surface area (Å²) in [4.78, 5) is 29.4. The van der Waals surface area contributed by atoms with Crippen LogP contribution in [0, 0.1) is 6.92 Å². The molecule has 8 nitrogen and oxygen atoms in total. The summed E-state index contributed by atoms with van der Waals surface area (Å²) in [7, 11) is 0. The molecule has 0 amide bonds. The summed E-state index contributed by atoms with van der Waals surface area (Å²) in [5.74, 6) is -0.112. The monoisotopic (exact) mass is 340 g/mol. The summed E-state index contributed by atoms with van der Waals surface area (Å²) >= 11 is 0. The fourth-order valence-electron chi connectivity index (χ4n) is 2.11. The van der Waals surface area contributed by atoms with Crippen LogP contribution in [0.15, 0.2) is 6.20 Å². The fraction of sp³-hybridized carbons (Fsp3) is 0.562. The van der Waals surface area contributed by atoms with Crippen molar-refractivity contribution in [3.05, 3.63) is 11.8 Å². The van der Waals surface area contributed by atoms with E-state index in [0.717, 1.165) is 5.56 Å². The molecule has 0 unspecified atom stereocenters. The lowest BCUT2D eigenvalue weighted by molar-refractivity contribution is 0.0926. The normalized spacial score (nSPS) is 10.0. The summed E-state index contributed by atoms with van der Waals surface area (Å²) in [6.07, 6.45) is -0.277. The molecule has 0 saturated heterocycles. The zero-order chi connectivity index (χ0) is 18.1. The van der Waals surface area contributed by atoms with Gasteiger partial charge < -0.3 is 23.8 Å². The van der Waals surface area contributed by atoms with Crippen LogP contribution in [0.4, 0.5) is 15.3 Å². The highest BCUT2D eigenvalue weighted by Gasteiger charge is 2.24. The predicted octanol–water partition coefficient (Wildman–Crippen LogP) is 3.31. The molecular weight excluding hydrogens is 316 g/mol. The molecule has 1 heterocycles. The number of aromatic nitrogens is 1. The Morgan fingerprint density at radius 2 is 1.54 bits per heavy atom. The van der Waals surface area contributed by atoms with Crippen molar-refractivity contribution in [3.8, 4) is 11.6 Å². The molecule has 0 atom stereocenters. The van der Waals surface area contributed by atoms with E-state index >= 15 is 0 Å². The molecule has 8 heteroatoms. The Labute approximate surface area is 141 Å². The van der Waals surface area contributed by atoms with Gasteiger partial charge in [-0.15, -0.1) is 0 Å². The van der Waals surface area contributed by atoms with Crippen LogP contribution in [0.1, 0.15) is 33.3 Å². The Kier molecular flexibility index (Phi) is 7.81. The van der Waals surface area contributed by atoms with E-state index in [2.05, 4.69) is 4.98 Å². The van der Waals surface area contributed by atoms with Crippen molar-refractivity contribution in [2.24, 2.45) is 0 Å². The third-order valence-corrected chi connectivity index (χ3v) is 3.13. The summed E-state index contributed by atoms with van der Waals surface area (Å²) in [6.45, 7) is 10.7. The molecule has 0 aliphatic rings. The molecule has 1 aromatic rings. The highest BCUT2D eigenvalue weighted by atomic mass is 16.7. The molecule has 1 aromatic heterocycles. The first-order valence-corrected chi connectivity index (χ1v) is 7.92. The smallest absolute Gasteiger partial charge is 0.434 e. The third-order valence-electron chi connectivity index (χ3n) is 3.13. The van der Waals surface area contributed by atoms with Crippen LogP contribution in [0.3, 0.4) is 0 Å². The molecule has 24 heavy (non-hydrogen) atoms. The minimum Gasteiger partial charge on any atom is -0.434 e. The zero-order valence-corrected chi connectivity index (χ0v) is 14.7. The summed E-state index contributed by atoms with van der Waals surface area (Å²) in [5.41, 5.74) is 1.39. The molecule has 0 aromatic carbocycles. The first-order valence-electron chi connectivity index (χ1n) is 7.92. The number of hydrogen-bond donors (Lipinski definition) is 0. The minimum absolute atomic E-state index is 0.0326. The first kappa shape index (κ1) is 19.5. The quantitative estimate of drug-likeness (QED) is 0.699. The van der Waals surface area contributed by atoms with E-state index in [1.54, 1.807) is 20.0 Å². The molecule has 0 radical (unpaired) electrons. The molecule has 0 spiro atoms. The topological polar surface area (TPSA) is 87.2 Å². The Balaban J connectivity index is 3.33. The second-order valence-electron chi connectivity index (χ2n) is 4.67. The molecule has 0 fully saturated rings. The maximum atomic E-state index is 11.8. The van der Waals surface area contributed by atoms with E-state index < -0.39 is 12.3 Å². The Morgan fingerprint density at radius 1 is 1.00 bits per heavy atom. The third kappa shape index (κ3) is 5.00. The maximum Gasteiger partial charge on any atom is 0.515 e. The van der Waals surface area contributed by atoms with Gasteiger partial charge >= 0.3 is 12.3 Å². The van der Waals surface area contributed by atoms with E-state index in [9.17, 15) is 9.59 Å². The Morgan fingerprint density at radius 3 is 2.04 bits per heavy atom.